The smallest absolute Gasteiger partial charge is 0.0726 e. The molecule has 2 heteroatoms. The van der Waals surface area contributed by atoms with E-state index < -0.39 is 10.8 Å². The Morgan fingerprint density at radius 3 is 0.778 bits per heavy atom. The van der Waals surface area contributed by atoms with Gasteiger partial charge in [-0.2, -0.15) is 0 Å². The van der Waals surface area contributed by atoms with Crippen molar-refractivity contribution in [2.45, 2.75) is 10.8 Å². The van der Waals surface area contributed by atoms with Crippen LogP contribution in [0.5, 0.6) is 0 Å². The highest BCUT2D eigenvalue weighted by Gasteiger charge is 2.56. The van der Waals surface area contributed by atoms with Crippen LogP contribution < -0.4 is 9.80 Å². The molecule has 0 unspecified atom stereocenters. The minimum atomic E-state index is -0.620. The molecule has 12 aromatic rings. The first-order valence-electron chi connectivity index (χ1n) is 25.2. The number of hydrogen-bond donors (Lipinski definition) is 0. The van der Waals surface area contributed by atoms with Gasteiger partial charge in [0.2, 0.25) is 0 Å². The van der Waals surface area contributed by atoms with E-state index in [0.29, 0.717) is 0 Å². The topological polar surface area (TPSA) is 6.48 Å². The van der Waals surface area contributed by atoms with Crippen LogP contribution in [0.2, 0.25) is 0 Å². The maximum absolute atomic E-state index is 2.52. The third-order valence-corrected chi connectivity index (χ3v) is 16.6. The van der Waals surface area contributed by atoms with Gasteiger partial charge in [0.1, 0.15) is 0 Å². The second-order valence-electron chi connectivity index (χ2n) is 19.8. The van der Waals surface area contributed by atoms with Crippen LogP contribution >= 0.6 is 0 Å². The van der Waals surface area contributed by atoms with Crippen molar-refractivity contribution >= 4 is 55.7 Å². The maximum atomic E-state index is 2.52. The van der Waals surface area contributed by atoms with Crippen LogP contribution in [0.3, 0.4) is 0 Å². The van der Waals surface area contributed by atoms with Crippen molar-refractivity contribution in [2.24, 2.45) is 0 Å². The summed E-state index contributed by atoms with van der Waals surface area (Å²) in [6.07, 6.45) is 0. The fraction of sp³-hybridized carbons (Fsp3) is 0.0286. The van der Waals surface area contributed by atoms with Gasteiger partial charge in [0, 0.05) is 33.5 Å². The molecule has 0 atom stereocenters. The van der Waals surface area contributed by atoms with Crippen LogP contribution in [-0.2, 0) is 10.8 Å². The molecule has 4 aliphatic rings. The van der Waals surface area contributed by atoms with E-state index in [9.17, 15) is 0 Å². The number of rotatable bonds is 6. The average Bonchev–Trinajstić information content (AvgIpc) is 3.91. The quantitative estimate of drug-likeness (QED) is 0.164. The summed E-state index contributed by atoms with van der Waals surface area (Å²) < 4.78 is 0. The lowest BCUT2D eigenvalue weighted by Crippen LogP contribution is -2.37. The summed E-state index contributed by atoms with van der Waals surface area (Å²) in [5.41, 5.74) is 24.1. The van der Waals surface area contributed by atoms with Gasteiger partial charge in [0.15, 0.2) is 0 Å². The Morgan fingerprint density at radius 1 is 0.208 bits per heavy atom. The van der Waals surface area contributed by atoms with Crippen LogP contribution in [0.4, 0.5) is 34.1 Å². The van der Waals surface area contributed by atoms with Gasteiger partial charge in [-0.15, -0.1) is 0 Å². The zero-order chi connectivity index (χ0) is 47.1. The number of nitrogens with zero attached hydrogens (tertiary/aromatic N) is 2. The second kappa shape index (κ2) is 14.6. The van der Waals surface area contributed by atoms with Crippen molar-refractivity contribution in [3.63, 3.8) is 0 Å². The first-order chi connectivity index (χ1) is 35.8. The maximum Gasteiger partial charge on any atom is 0.0726 e. The van der Waals surface area contributed by atoms with Crippen molar-refractivity contribution in [2.75, 3.05) is 9.80 Å². The Balaban J connectivity index is 1.15. The standard InChI is InChI=1S/C70H44N2/c1-5-21-45(22-6-1)71(46-23-7-2-8-24-46)63-43-41-59-65-53(63)37-39-61-67(65)68-62(69(59)55-33-17-13-29-49(55)50-30-14-18-34-56(50)69)40-38-54-64(72(47-25-9-3-10-26-47)48-27-11-4-12-28-48)44-42-60(66(54)68)70(61)57-35-19-15-31-51(57)52-32-16-20-36-58(52)70/h1-44H. The molecule has 2 spiro atoms. The molecule has 0 amide bonds. The Kier molecular flexibility index (Phi) is 8.05. The van der Waals surface area contributed by atoms with Crippen molar-refractivity contribution < 1.29 is 0 Å². The molecule has 0 N–H and O–H groups in total. The fourth-order valence-corrected chi connectivity index (χ4v) is 14.1. The number of fused-ring (bicyclic) bond motifs is 14. The molecule has 0 saturated carbocycles. The first-order valence-corrected chi connectivity index (χ1v) is 25.2. The first kappa shape index (κ1) is 39.6. The molecule has 4 aliphatic carbocycles. The molecule has 2 nitrogen and oxygen atoms in total. The molecule has 0 saturated heterocycles. The predicted molar refractivity (Wildman–Crippen MR) is 298 cm³/mol. The zero-order valence-electron chi connectivity index (χ0n) is 39.3. The molecule has 334 valence electrons. The van der Waals surface area contributed by atoms with E-state index in [0.717, 1.165) is 34.1 Å². The van der Waals surface area contributed by atoms with Crippen molar-refractivity contribution in [3.8, 4) is 33.4 Å². The van der Waals surface area contributed by atoms with E-state index >= 15 is 0 Å². The van der Waals surface area contributed by atoms with Crippen LogP contribution in [0.15, 0.2) is 267 Å². The summed E-state index contributed by atoms with van der Waals surface area (Å²) in [6, 6.07) is 100. The normalized spacial score (nSPS) is 14.1. The second-order valence-corrected chi connectivity index (χ2v) is 19.8. The molecule has 12 aromatic carbocycles. The summed E-state index contributed by atoms with van der Waals surface area (Å²) in [4.78, 5) is 4.93. The van der Waals surface area contributed by atoms with Crippen LogP contribution in [-0.4, -0.2) is 0 Å². The van der Waals surface area contributed by atoms with E-state index in [2.05, 4.69) is 277 Å². The van der Waals surface area contributed by atoms with Gasteiger partial charge in [0.25, 0.3) is 0 Å². The van der Waals surface area contributed by atoms with Gasteiger partial charge >= 0.3 is 0 Å². The summed E-state index contributed by atoms with van der Waals surface area (Å²) >= 11 is 0. The SMILES string of the molecule is c1ccc(N(c2ccccc2)c2ccc3c4c5c(ccc24)C2(c4ccccc4-c4ccccc42)c2ccc(N(c4ccccc4)c4ccccc4)c4ccc(c-5c24)C32c3ccccc3-c3ccccc32)cc1. The van der Waals surface area contributed by atoms with Crippen molar-refractivity contribution in [1.29, 1.82) is 0 Å². The summed E-state index contributed by atoms with van der Waals surface area (Å²) in [5, 5.41) is 5.09. The number of benzene rings is 12. The third-order valence-electron chi connectivity index (χ3n) is 16.6. The van der Waals surface area contributed by atoms with Crippen molar-refractivity contribution in [3.05, 3.63) is 311 Å². The largest absolute Gasteiger partial charge is 0.310 e. The van der Waals surface area contributed by atoms with Gasteiger partial charge < -0.3 is 9.80 Å². The highest BCUT2D eigenvalue weighted by atomic mass is 15.1. The Morgan fingerprint density at radius 2 is 0.472 bits per heavy atom. The molecule has 0 aromatic heterocycles. The molecule has 0 aliphatic heterocycles. The summed E-state index contributed by atoms with van der Waals surface area (Å²) in [6.45, 7) is 0. The molecule has 0 heterocycles. The highest BCUT2D eigenvalue weighted by Crippen LogP contribution is 2.70. The monoisotopic (exact) mass is 912 g/mol. The number of para-hydroxylation sites is 4. The minimum Gasteiger partial charge on any atom is -0.310 e. The van der Waals surface area contributed by atoms with E-state index in [1.54, 1.807) is 0 Å². The molecule has 0 fully saturated rings. The summed E-state index contributed by atoms with van der Waals surface area (Å²) in [7, 11) is 0. The lowest BCUT2D eigenvalue weighted by atomic mass is 9.54. The molecule has 16 rings (SSSR count). The van der Waals surface area contributed by atoms with Crippen LogP contribution in [0.1, 0.15) is 44.5 Å². The predicted octanol–water partition coefficient (Wildman–Crippen LogP) is 18.0. The third kappa shape index (κ3) is 4.88. The van der Waals surface area contributed by atoms with E-state index in [1.165, 1.54) is 99.4 Å². The van der Waals surface area contributed by atoms with Gasteiger partial charge in [-0.05, 0) is 149 Å². The van der Waals surface area contributed by atoms with Gasteiger partial charge in [0.05, 0.1) is 22.2 Å². The van der Waals surface area contributed by atoms with Gasteiger partial charge in [-0.25, -0.2) is 0 Å². The molecule has 72 heavy (non-hydrogen) atoms. The van der Waals surface area contributed by atoms with Crippen LogP contribution in [0.25, 0.3) is 54.9 Å². The van der Waals surface area contributed by atoms with Gasteiger partial charge in [-0.3, -0.25) is 0 Å². The Hall–Kier alpha value is -9.24. The Bertz CT molecular complexity index is 3770. The molecule has 0 radical (unpaired) electrons. The van der Waals surface area contributed by atoms with E-state index in [4.69, 9.17) is 0 Å². The summed E-state index contributed by atoms with van der Waals surface area (Å²) in [5.74, 6) is 0. The highest BCUT2D eigenvalue weighted by molar-refractivity contribution is 6.22. The lowest BCUT2D eigenvalue weighted by molar-refractivity contribution is 0.751. The molecular weight excluding hydrogens is 869 g/mol. The minimum absolute atomic E-state index is 0.620. The molecule has 0 bridgehead atoms. The molecular formula is C70H44N2. The lowest BCUT2D eigenvalue weighted by Gasteiger charge is -2.47. The van der Waals surface area contributed by atoms with Gasteiger partial charge in [-0.1, -0.05) is 206 Å². The Labute approximate surface area is 419 Å². The van der Waals surface area contributed by atoms with E-state index in [-0.39, 0.29) is 0 Å². The number of anilines is 6. The zero-order valence-corrected chi connectivity index (χ0v) is 39.3. The number of hydrogen-bond acceptors (Lipinski definition) is 2. The van der Waals surface area contributed by atoms with Crippen LogP contribution in [0, 0.1) is 0 Å². The van der Waals surface area contributed by atoms with E-state index in [1.807, 2.05) is 0 Å². The van der Waals surface area contributed by atoms with Crippen molar-refractivity contribution in [1.82, 2.24) is 0 Å². The fourth-order valence-electron chi connectivity index (χ4n) is 14.1. The average molecular weight is 913 g/mol.